The molecule has 0 saturated carbocycles. The number of ether oxygens (including phenoxy) is 1. The van der Waals surface area contributed by atoms with E-state index in [1.807, 2.05) is 0 Å². The first-order valence-electron chi connectivity index (χ1n) is 28.6. The first kappa shape index (κ1) is 62.3. The van der Waals surface area contributed by atoms with Gasteiger partial charge in [0.05, 0.1) is 25.4 Å². The predicted molar refractivity (Wildman–Crippen MR) is 278 cm³/mol. The van der Waals surface area contributed by atoms with Crippen LogP contribution in [0.3, 0.4) is 0 Å². The van der Waals surface area contributed by atoms with Crippen LogP contribution >= 0.6 is 0 Å². The summed E-state index contributed by atoms with van der Waals surface area (Å²) in [7, 11) is 0. The molecule has 0 aliphatic carbocycles. The number of amides is 1. The molecule has 6 nitrogen and oxygen atoms in total. The number of esters is 1. The van der Waals surface area contributed by atoms with Crippen LogP contribution < -0.4 is 5.32 Å². The second-order valence-corrected chi connectivity index (χ2v) is 19.6. The third kappa shape index (κ3) is 49.8. The highest BCUT2D eigenvalue weighted by Crippen LogP contribution is 2.17. The van der Waals surface area contributed by atoms with Gasteiger partial charge < -0.3 is 20.3 Å². The van der Waals surface area contributed by atoms with Crippen molar-refractivity contribution >= 4 is 11.9 Å². The lowest BCUT2D eigenvalue weighted by Gasteiger charge is -2.22. The van der Waals surface area contributed by atoms with Crippen LogP contribution in [0.1, 0.15) is 309 Å². The van der Waals surface area contributed by atoms with Gasteiger partial charge in [0.15, 0.2) is 0 Å². The lowest BCUT2D eigenvalue weighted by atomic mass is 10.0. The Morgan fingerprint density at radius 1 is 0.422 bits per heavy atom. The number of rotatable bonds is 53. The lowest BCUT2D eigenvalue weighted by Crippen LogP contribution is -2.45. The summed E-state index contributed by atoms with van der Waals surface area (Å²) in [6.07, 6.45) is 64.6. The van der Waals surface area contributed by atoms with Crippen LogP contribution in [0, 0.1) is 0 Å². The van der Waals surface area contributed by atoms with Gasteiger partial charge in [-0.15, -0.1) is 0 Å². The number of carbonyl (C=O) groups is 2. The average Bonchev–Trinajstić information content (AvgIpc) is 3.29. The van der Waals surface area contributed by atoms with Gasteiger partial charge in [0.1, 0.15) is 0 Å². The Labute approximate surface area is 399 Å². The summed E-state index contributed by atoms with van der Waals surface area (Å²) in [5, 5.41) is 23.3. The Morgan fingerprint density at radius 3 is 1.14 bits per heavy atom. The molecule has 0 saturated heterocycles. The number of aliphatic hydroxyl groups excluding tert-OH is 2. The second-order valence-electron chi connectivity index (χ2n) is 19.6. The van der Waals surface area contributed by atoms with Crippen LogP contribution in [-0.2, 0) is 14.3 Å². The molecule has 0 aliphatic rings. The molecule has 0 bridgehead atoms. The summed E-state index contributed by atoms with van der Waals surface area (Å²) >= 11 is 0. The molecule has 0 spiro atoms. The number of allylic oxidation sites excluding steroid dienone is 4. The molecular formula is C58H111NO5. The van der Waals surface area contributed by atoms with Crippen molar-refractivity contribution in [1.82, 2.24) is 5.32 Å². The van der Waals surface area contributed by atoms with Gasteiger partial charge >= 0.3 is 5.97 Å². The van der Waals surface area contributed by atoms with Crippen molar-refractivity contribution in [2.45, 2.75) is 321 Å². The van der Waals surface area contributed by atoms with Crippen molar-refractivity contribution in [2.75, 3.05) is 13.2 Å². The number of hydrogen-bond acceptors (Lipinski definition) is 5. The minimum Gasteiger partial charge on any atom is -0.466 e. The third-order valence-corrected chi connectivity index (χ3v) is 13.2. The summed E-state index contributed by atoms with van der Waals surface area (Å²) in [6.45, 7) is 4.87. The second kappa shape index (κ2) is 54.0. The van der Waals surface area contributed by atoms with Gasteiger partial charge in [-0.1, -0.05) is 250 Å². The highest BCUT2D eigenvalue weighted by molar-refractivity contribution is 5.76. The van der Waals surface area contributed by atoms with Crippen LogP contribution in [0.25, 0.3) is 0 Å². The molecule has 1 amide bonds. The van der Waals surface area contributed by atoms with Crippen molar-refractivity contribution in [3.05, 3.63) is 24.3 Å². The maximum atomic E-state index is 12.5. The SMILES string of the molecule is CCCCCCCC/C=C\CCCCCCCC(=O)OCCCCCC/C=C\CCCC(=O)NC(CO)C(O)CCCCCCCCCCCCCCCCCCCCCCCCC. The summed E-state index contributed by atoms with van der Waals surface area (Å²) in [5.74, 6) is -0.136. The van der Waals surface area contributed by atoms with Gasteiger partial charge in [0.2, 0.25) is 5.91 Å². The first-order chi connectivity index (χ1) is 31.5. The normalized spacial score (nSPS) is 12.8. The van der Waals surface area contributed by atoms with Gasteiger partial charge in [-0.25, -0.2) is 0 Å². The Morgan fingerprint density at radius 2 is 0.750 bits per heavy atom. The topological polar surface area (TPSA) is 95.9 Å². The quantitative estimate of drug-likeness (QED) is 0.0321. The van der Waals surface area contributed by atoms with Crippen LogP contribution in [0.5, 0.6) is 0 Å². The number of nitrogens with one attached hydrogen (secondary N) is 1. The third-order valence-electron chi connectivity index (χ3n) is 13.2. The Kier molecular flexibility index (Phi) is 52.6. The minimum absolute atomic E-state index is 0.0427. The van der Waals surface area contributed by atoms with Crippen molar-refractivity contribution in [2.24, 2.45) is 0 Å². The molecule has 0 aromatic rings. The predicted octanol–water partition coefficient (Wildman–Crippen LogP) is 17.5. The van der Waals surface area contributed by atoms with E-state index >= 15 is 0 Å². The number of hydrogen-bond donors (Lipinski definition) is 3. The standard InChI is InChI=1S/C58H111NO5/c1-3-5-7-9-11-13-15-17-19-20-21-22-23-24-25-26-28-29-31-34-38-42-46-50-56(61)55(54-60)59-57(62)51-47-43-39-35-33-37-41-45-49-53-64-58(63)52-48-44-40-36-32-30-27-18-16-14-12-10-8-6-4-2/h18,27,35,39,55-56,60-61H,3-17,19-26,28-34,36-38,40-54H2,1-2H3,(H,59,62)/b27-18-,39-35-. The summed E-state index contributed by atoms with van der Waals surface area (Å²) in [6, 6.07) is -0.580. The number of aliphatic hydroxyl groups is 2. The van der Waals surface area contributed by atoms with E-state index < -0.39 is 12.1 Å². The summed E-state index contributed by atoms with van der Waals surface area (Å²) < 4.78 is 5.44. The van der Waals surface area contributed by atoms with Crippen molar-refractivity contribution in [1.29, 1.82) is 0 Å². The molecule has 6 heteroatoms. The Bertz CT molecular complexity index is 997. The van der Waals surface area contributed by atoms with Gasteiger partial charge in [0.25, 0.3) is 0 Å². The first-order valence-corrected chi connectivity index (χ1v) is 28.6. The van der Waals surface area contributed by atoms with E-state index in [-0.39, 0.29) is 18.5 Å². The Hall–Kier alpha value is -1.66. The van der Waals surface area contributed by atoms with Crippen molar-refractivity contribution in [3.63, 3.8) is 0 Å². The van der Waals surface area contributed by atoms with E-state index in [0.29, 0.717) is 25.9 Å². The zero-order valence-electron chi connectivity index (χ0n) is 43.0. The molecule has 0 fully saturated rings. The molecule has 64 heavy (non-hydrogen) atoms. The molecule has 0 aromatic carbocycles. The van der Waals surface area contributed by atoms with E-state index in [0.717, 1.165) is 70.6 Å². The maximum absolute atomic E-state index is 12.5. The van der Waals surface area contributed by atoms with E-state index in [1.165, 1.54) is 205 Å². The van der Waals surface area contributed by atoms with Gasteiger partial charge in [0, 0.05) is 12.8 Å². The fourth-order valence-corrected chi connectivity index (χ4v) is 8.81. The zero-order chi connectivity index (χ0) is 46.5. The van der Waals surface area contributed by atoms with Crippen LogP contribution in [0.4, 0.5) is 0 Å². The van der Waals surface area contributed by atoms with Crippen molar-refractivity contribution < 1.29 is 24.5 Å². The number of carbonyl (C=O) groups excluding carboxylic acids is 2. The molecule has 0 radical (unpaired) electrons. The molecule has 3 N–H and O–H groups in total. The molecule has 0 aliphatic heterocycles. The van der Waals surface area contributed by atoms with Gasteiger partial charge in [-0.05, 0) is 70.6 Å². The summed E-state index contributed by atoms with van der Waals surface area (Å²) in [4.78, 5) is 24.5. The fourth-order valence-electron chi connectivity index (χ4n) is 8.81. The van der Waals surface area contributed by atoms with E-state index in [4.69, 9.17) is 4.74 Å². The Balaban J connectivity index is 3.52. The molecule has 0 heterocycles. The van der Waals surface area contributed by atoms with Crippen molar-refractivity contribution in [3.8, 4) is 0 Å². The number of unbranched alkanes of at least 4 members (excludes halogenated alkanes) is 38. The van der Waals surface area contributed by atoms with Gasteiger partial charge in [-0.3, -0.25) is 9.59 Å². The molecule has 2 atom stereocenters. The van der Waals surface area contributed by atoms with E-state index in [1.54, 1.807) is 0 Å². The largest absolute Gasteiger partial charge is 0.466 e. The van der Waals surface area contributed by atoms with Crippen LogP contribution in [0.2, 0.25) is 0 Å². The molecule has 0 aromatic heterocycles. The highest BCUT2D eigenvalue weighted by Gasteiger charge is 2.20. The fraction of sp³-hybridized carbons (Fsp3) is 0.897. The molecular weight excluding hydrogens is 791 g/mol. The monoisotopic (exact) mass is 902 g/mol. The summed E-state index contributed by atoms with van der Waals surface area (Å²) in [5.41, 5.74) is 0. The van der Waals surface area contributed by atoms with E-state index in [2.05, 4.69) is 43.5 Å². The highest BCUT2D eigenvalue weighted by atomic mass is 16.5. The molecule has 0 rings (SSSR count). The lowest BCUT2D eigenvalue weighted by molar-refractivity contribution is -0.143. The zero-order valence-corrected chi connectivity index (χ0v) is 43.0. The molecule has 378 valence electrons. The smallest absolute Gasteiger partial charge is 0.305 e. The van der Waals surface area contributed by atoms with E-state index in [9.17, 15) is 19.8 Å². The minimum atomic E-state index is -0.696. The van der Waals surface area contributed by atoms with Crippen LogP contribution in [-0.4, -0.2) is 47.4 Å². The maximum Gasteiger partial charge on any atom is 0.305 e. The van der Waals surface area contributed by atoms with Gasteiger partial charge in [-0.2, -0.15) is 0 Å². The molecule has 2 unspecified atom stereocenters. The average molecular weight is 903 g/mol. The van der Waals surface area contributed by atoms with Crippen LogP contribution in [0.15, 0.2) is 24.3 Å².